The van der Waals surface area contributed by atoms with Gasteiger partial charge < -0.3 is 9.42 Å². The molecule has 1 saturated heterocycles. The second-order valence-corrected chi connectivity index (χ2v) is 6.55. The van der Waals surface area contributed by atoms with E-state index >= 15 is 0 Å². The molecule has 2 heterocycles. The summed E-state index contributed by atoms with van der Waals surface area (Å²) in [6.07, 6.45) is 1.52. The van der Waals surface area contributed by atoms with Gasteiger partial charge in [-0.25, -0.2) is 0 Å². The molecule has 1 aliphatic heterocycles. The second-order valence-electron chi connectivity index (χ2n) is 6.55. The molecule has 0 radical (unpaired) electrons. The second kappa shape index (κ2) is 6.59. The van der Waals surface area contributed by atoms with Crippen molar-refractivity contribution in [2.24, 2.45) is 0 Å². The van der Waals surface area contributed by atoms with Crippen LogP contribution in [-0.4, -0.2) is 34.3 Å². The van der Waals surface area contributed by atoms with Crippen molar-refractivity contribution in [1.82, 2.24) is 10.1 Å². The van der Waals surface area contributed by atoms with Crippen LogP contribution >= 0.6 is 0 Å². The minimum absolute atomic E-state index is 0.00153. The molecule has 24 heavy (non-hydrogen) atoms. The number of Topliss-reactive ketones (excluding diaryl/α,β-unsaturated/α-hetero) is 1. The summed E-state index contributed by atoms with van der Waals surface area (Å²) in [5, 5.41) is 3.95. The van der Waals surface area contributed by atoms with Crippen LogP contribution in [0.2, 0.25) is 0 Å². The first kappa shape index (κ1) is 16.4. The van der Waals surface area contributed by atoms with Crippen molar-refractivity contribution in [3.05, 3.63) is 52.9 Å². The van der Waals surface area contributed by atoms with E-state index in [1.165, 1.54) is 0 Å². The first-order valence-corrected chi connectivity index (χ1v) is 8.37. The highest BCUT2D eigenvalue weighted by atomic mass is 16.5. The maximum atomic E-state index is 13.1. The first-order valence-electron chi connectivity index (χ1n) is 8.37. The normalized spacial score (nSPS) is 17.5. The number of rotatable bonds is 4. The number of benzene rings is 1. The van der Waals surface area contributed by atoms with Gasteiger partial charge in [-0.2, -0.15) is 0 Å². The third kappa shape index (κ3) is 2.86. The zero-order valence-electron chi connectivity index (χ0n) is 14.3. The quantitative estimate of drug-likeness (QED) is 0.805. The minimum atomic E-state index is -0.408. The first-order chi connectivity index (χ1) is 11.5. The third-order valence-corrected chi connectivity index (χ3v) is 4.50. The summed E-state index contributed by atoms with van der Waals surface area (Å²) in [6, 6.07) is 8.75. The van der Waals surface area contributed by atoms with Gasteiger partial charge in [-0.3, -0.25) is 9.59 Å². The number of aryl methyl sites for hydroxylation is 1. The molecule has 1 amide bonds. The fourth-order valence-electron chi connectivity index (χ4n) is 3.26. The van der Waals surface area contributed by atoms with Crippen molar-refractivity contribution >= 4 is 11.7 Å². The molecule has 1 unspecified atom stereocenters. The molecular formula is C19H22N2O3. The monoisotopic (exact) mass is 326 g/mol. The van der Waals surface area contributed by atoms with Crippen molar-refractivity contribution in [1.29, 1.82) is 0 Å². The van der Waals surface area contributed by atoms with Crippen molar-refractivity contribution in [2.45, 2.75) is 45.6 Å². The van der Waals surface area contributed by atoms with E-state index in [1.54, 1.807) is 24.0 Å². The summed E-state index contributed by atoms with van der Waals surface area (Å²) in [6.45, 7) is 6.29. The van der Waals surface area contributed by atoms with E-state index in [-0.39, 0.29) is 17.6 Å². The van der Waals surface area contributed by atoms with Crippen LogP contribution in [-0.2, 0) is 0 Å². The number of carbonyl (C=O) groups excluding carboxylic acids is 2. The van der Waals surface area contributed by atoms with Gasteiger partial charge in [-0.1, -0.05) is 49.3 Å². The fraction of sp³-hybridized carbons (Fsp3) is 0.421. The fourth-order valence-corrected chi connectivity index (χ4v) is 3.26. The molecular weight excluding hydrogens is 304 g/mol. The molecule has 3 rings (SSSR count). The molecule has 0 bridgehead atoms. The van der Waals surface area contributed by atoms with E-state index in [4.69, 9.17) is 4.52 Å². The van der Waals surface area contributed by atoms with Crippen molar-refractivity contribution in [3.63, 3.8) is 0 Å². The van der Waals surface area contributed by atoms with Crippen LogP contribution in [0, 0.1) is 6.92 Å². The van der Waals surface area contributed by atoms with Gasteiger partial charge in [0.1, 0.15) is 5.56 Å². The Hall–Kier alpha value is -2.43. The zero-order valence-corrected chi connectivity index (χ0v) is 14.3. The average Bonchev–Trinajstić information content (AvgIpc) is 3.21. The van der Waals surface area contributed by atoms with E-state index in [0.29, 0.717) is 35.5 Å². The maximum Gasteiger partial charge on any atom is 0.260 e. The number of likely N-dealkylation sites (tertiary alicyclic amines) is 1. The summed E-state index contributed by atoms with van der Waals surface area (Å²) in [5.74, 6) is 0.511. The standard InChI is InChI=1S/C19H22N2O3/c1-12(2)18-16(13(3)20-24-18)19(23)21-11-7-10-15(21)17(22)14-8-5-4-6-9-14/h4-6,8-9,12,15H,7,10-11H2,1-3H3. The van der Waals surface area contributed by atoms with Crippen LogP contribution in [0.3, 0.4) is 0 Å². The minimum Gasteiger partial charge on any atom is -0.360 e. The Bertz CT molecular complexity index is 749. The Balaban J connectivity index is 1.90. The van der Waals surface area contributed by atoms with Crippen LogP contribution < -0.4 is 0 Å². The van der Waals surface area contributed by atoms with Crippen LogP contribution in [0.5, 0.6) is 0 Å². The summed E-state index contributed by atoms with van der Waals surface area (Å²) >= 11 is 0. The lowest BCUT2D eigenvalue weighted by atomic mass is 10.0. The Kier molecular flexibility index (Phi) is 4.51. The van der Waals surface area contributed by atoms with Gasteiger partial charge in [0.2, 0.25) is 0 Å². The molecule has 1 aliphatic rings. The number of hydrogen-bond acceptors (Lipinski definition) is 4. The summed E-state index contributed by atoms with van der Waals surface area (Å²) in [5.41, 5.74) is 1.74. The van der Waals surface area contributed by atoms with Crippen LogP contribution in [0.25, 0.3) is 0 Å². The highest BCUT2D eigenvalue weighted by Crippen LogP contribution is 2.28. The number of carbonyl (C=O) groups is 2. The Labute approximate surface area is 141 Å². The molecule has 0 saturated carbocycles. The van der Waals surface area contributed by atoms with Crippen molar-refractivity contribution < 1.29 is 14.1 Å². The van der Waals surface area contributed by atoms with Crippen LogP contribution in [0.15, 0.2) is 34.9 Å². The van der Waals surface area contributed by atoms with Crippen molar-refractivity contribution in [3.8, 4) is 0 Å². The zero-order chi connectivity index (χ0) is 17.3. The van der Waals surface area contributed by atoms with Crippen LogP contribution in [0.1, 0.15) is 64.8 Å². The van der Waals surface area contributed by atoms with E-state index in [2.05, 4.69) is 5.16 Å². The van der Waals surface area contributed by atoms with E-state index in [9.17, 15) is 9.59 Å². The Morgan fingerprint density at radius 1 is 1.25 bits per heavy atom. The molecule has 5 nitrogen and oxygen atoms in total. The number of hydrogen-bond donors (Lipinski definition) is 0. The average molecular weight is 326 g/mol. The maximum absolute atomic E-state index is 13.1. The van der Waals surface area contributed by atoms with Gasteiger partial charge >= 0.3 is 0 Å². The summed E-state index contributed by atoms with van der Waals surface area (Å²) in [4.78, 5) is 27.6. The number of amides is 1. The number of aromatic nitrogens is 1. The summed E-state index contributed by atoms with van der Waals surface area (Å²) in [7, 11) is 0. The van der Waals surface area contributed by atoms with E-state index < -0.39 is 6.04 Å². The van der Waals surface area contributed by atoms with Gasteiger partial charge in [-0.05, 0) is 19.8 Å². The molecule has 0 aliphatic carbocycles. The highest BCUT2D eigenvalue weighted by Gasteiger charge is 2.37. The lowest BCUT2D eigenvalue weighted by Gasteiger charge is -2.24. The predicted octanol–water partition coefficient (Wildman–Crippen LogP) is 3.59. The van der Waals surface area contributed by atoms with Crippen LogP contribution in [0.4, 0.5) is 0 Å². The smallest absolute Gasteiger partial charge is 0.260 e. The predicted molar refractivity (Wildman–Crippen MR) is 90.2 cm³/mol. The molecule has 1 aromatic heterocycles. The van der Waals surface area contributed by atoms with Gasteiger partial charge in [0.05, 0.1) is 11.7 Å². The van der Waals surface area contributed by atoms with E-state index in [1.807, 2.05) is 32.0 Å². The van der Waals surface area contributed by atoms with Gasteiger partial charge in [-0.15, -0.1) is 0 Å². The molecule has 5 heteroatoms. The number of ketones is 1. The topological polar surface area (TPSA) is 63.4 Å². The highest BCUT2D eigenvalue weighted by molar-refractivity contribution is 6.05. The number of nitrogens with zero attached hydrogens (tertiary/aromatic N) is 2. The Morgan fingerprint density at radius 3 is 2.62 bits per heavy atom. The SMILES string of the molecule is Cc1noc(C(C)C)c1C(=O)N1CCCC1C(=O)c1ccccc1. The van der Waals surface area contributed by atoms with Gasteiger partial charge in [0.15, 0.2) is 11.5 Å². The van der Waals surface area contributed by atoms with Crippen molar-refractivity contribution in [2.75, 3.05) is 6.54 Å². The van der Waals surface area contributed by atoms with Gasteiger partial charge in [0, 0.05) is 18.0 Å². The lowest BCUT2D eigenvalue weighted by Crippen LogP contribution is -2.41. The molecule has 1 aromatic carbocycles. The molecule has 0 spiro atoms. The van der Waals surface area contributed by atoms with E-state index in [0.717, 1.165) is 6.42 Å². The molecule has 126 valence electrons. The lowest BCUT2D eigenvalue weighted by molar-refractivity contribution is 0.0669. The Morgan fingerprint density at radius 2 is 1.96 bits per heavy atom. The van der Waals surface area contributed by atoms with Gasteiger partial charge in [0.25, 0.3) is 5.91 Å². The molecule has 1 fully saturated rings. The molecule has 0 N–H and O–H groups in total. The summed E-state index contributed by atoms with van der Waals surface area (Å²) < 4.78 is 5.34. The third-order valence-electron chi connectivity index (χ3n) is 4.50. The largest absolute Gasteiger partial charge is 0.360 e. The molecule has 1 atom stereocenters. The molecule has 2 aromatic rings.